The van der Waals surface area contributed by atoms with Crippen LogP contribution in [0.3, 0.4) is 0 Å². The number of hydrogen-bond acceptors (Lipinski definition) is 5. The van der Waals surface area contributed by atoms with Gasteiger partial charge in [-0.2, -0.15) is 11.8 Å². The highest BCUT2D eigenvalue weighted by molar-refractivity contribution is 8.00. The lowest BCUT2D eigenvalue weighted by atomic mass is 9.93. The average Bonchev–Trinajstić information content (AvgIpc) is 3.16. The van der Waals surface area contributed by atoms with Crippen LogP contribution in [0.1, 0.15) is 53.4 Å². The molecule has 0 aromatic heterocycles. The average molecular weight is 415 g/mol. The van der Waals surface area contributed by atoms with Gasteiger partial charge in [0.15, 0.2) is 0 Å². The van der Waals surface area contributed by atoms with E-state index in [1.54, 1.807) is 0 Å². The van der Waals surface area contributed by atoms with Gasteiger partial charge in [0, 0.05) is 34.8 Å². The summed E-state index contributed by atoms with van der Waals surface area (Å²) in [6.45, 7) is 10.8. The third kappa shape index (κ3) is 7.44. The Morgan fingerprint density at radius 3 is 2.64 bits per heavy atom. The summed E-state index contributed by atoms with van der Waals surface area (Å²) in [4.78, 5) is 23.6. The summed E-state index contributed by atoms with van der Waals surface area (Å²) in [5.74, 6) is 1.08. The molecule has 28 heavy (non-hydrogen) atoms. The molecular weight excluding hydrogens is 376 g/mol. The van der Waals surface area contributed by atoms with E-state index in [2.05, 4.69) is 43.6 Å². The van der Waals surface area contributed by atoms with Gasteiger partial charge in [0.2, 0.25) is 5.91 Å². The lowest BCUT2D eigenvalue weighted by Gasteiger charge is -2.28. The van der Waals surface area contributed by atoms with Crippen molar-refractivity contribution in [2.24, 2.45) is 16.6 Å². The predicted octanol–water partition coefficient (Wildman–Crippen LogP) is 1.86. The second kappa shape index (κ2) is 10.2. The number of ether oxygens (including phenoxy) is 1. The summed E-state index contributed by atoms with van der Waals surface area (Å²) < 4.78 is 5.82. The largest absolute Gasteiger partial charge is 0.380 e. The van der Waals surface area contributed by atoms with Gasteiger partial charge < -0.3 is 26.4 Å². The Labute approximate surface area is 173 Å². The van der Waals surface area contributed by atoms with Crippen molar-refractivity contribution < 1.29 is 14.3 Å². The van der Waals surface area contributed by atoms with Crippen molar-refractivity contribution >= 4 is 23.7 Å². The van der Waals surface area contributed by atoms with Crippen LogP contribution in [0, 0.1) is 10.8 Å². The van der Waals surface area contributed by atoms with Gasteiger partial charge in [-0.05, 0) is 19.4 Å². The molecule has 0 aromatic carbocycles. The van der Waals surface area contributed by atoms with Crippen LogP contribution in [0.25, 0.3) is 0 Å². The van der Waals surface area contributed by atoms with Crippen molar-refractivity contribution in [2.45, 2.75) is 70.7 Å². The first kappa shape index (κ1) is 23.3. The van der Waals surface area contributed by atoms with Crippen molar-refractivity contribution in [3.63, 3.8) is 0 Å². The summed E-state index contributed by atoms with van der Waals surface area (Å²) in [6, 6.07) is 0.472. The van der Waals surface area contributed by atoms with Crippen molar-refractivity contribution in [3.8, 4) is 0 Å². The van der Waals surface area contributed by atoms with Crippen LogP contribution in [-0.4, -0.2) is 61.3 Å². The van der Waals surface area contributed by atoms with E-state index >= 15 is 0 Å². The van der Waals surface area contributed by atoms with Gasteiger partial charge in [0.1, 0.15) is 0 Å². The summed E-state index contributed by atoms with van der Waals surface area (Å²) in [7, 11) is 0. The fourth-order valence-electron chi connectivity index (χ4n) is 3.41. The van der Waals surface area contributed by atoms with Crippen LogP contribution in [-0.2, 0) is 9.53 Å². The quantitative estimate of drug-likeness (QED) is 0.288. The Morgan fingerprint density at radius 1 is 1.21 bits per heavy atom. The molecular formula is C20H38N4O3S. The van der Waals surface area contributed by atoms with E-state index in [4.69, 9.17) is 10.5 Å². The van der Waals surface area contributed by atoms with Crippen LogP contribution >= 0.6 is 11.8 Å². The van der Waals surface area contributed by atoms with E-state index in [0.717, 1.165) is 25.0 Å². The summed E-state index contributed by atoms with van der Waals surface area (Å²) in [6.07, 6.45) is 3.47. The number of nitrogens with one attached hydrogen (secondary N) is 3. The van der Waals surface area contributed by atoms with E-state index in [-0.39, 0.29) is 34.9 Å². The van der Waals surface area contributed by atoms with Crippen molar-refractivity contribution in [2.75, 3.05) is 32.1 Å². The van der Waals surface area contributed by atoms with Gasteiger partial charge in [0.25, 0.3) is 0 Å². The molecule has 0 saturated carbocycles. The number of carbonyl (C=O) groups is 2. The van der Waals surface area contributed by atoms with Gasteiger partial charge in [-0.25, -0.2) is 4.79 Å². The fraction of sp³-hybridized carbons (Fsp3) is 0.900. The standard InChI is InChI=1S/C20H38N4O3S/c1-19(2,10-21)12-27-13-20(3,4)11-22-16(25)8-6-5-7-15-17-14(9-28-15)23-18(26)24-17/h14-15,17H,5-13,21H2,1-4H3,(H,22,25)(H2,23,24,26). The molecule has 2 heterocycles. The lowest BCUT2D eigenvalue weighted by Crippen LogP contribution is -2.38. The molecule has 0 spiro atoms. The molecule has 3 atom stereocenters. The first-order chi connectivity index (χ1) is 13.1. The number of fused-ring (bicyclic) bond motifs is 1. The number of amides is 3. The normalized spacial score (nSPS) is 24.6. The second-order valence-corrected chi connectivity index (χ2v) is 10.9. The minimum absolute atomic E-state index is 0.0195. The predicted molar refractivity (Wildman–Crippen MR) is 114 cm³/mol. The SMILES string of the molecule is CC(C)(CN)COCC(C)(C)CNC(=O)CCCCC1SCC2NC(=O)NC21. The zero-order chi connectivity index (χ0) is 20.8. The van der Waals surface area contributed by atoms with Gasteiger partial charge >= 0.3 is 6.03 Å². The molecule has 5 N–H and O–H groups in total. The van der Waals surface area contributed by atoms with E-state index < -0.39 is 0 Å². The van der Waals surface area contributed by atoms with Crippen LogP contribution in [0.15, 0.2) is 0 Å². The van der Waals surface area contributed by atoms with Gasteiger partial charge in [-0.1, -0.05) is 34.1 Å². The molecule has 3 amide bonds. The monoisotopic (exact) mass is 414 g/mol. The smallest absolute Gasteiger partial charge is 0.315 e. The molecule has 7 nitrogen and oxygen atoms in total. The fourth-order valence-corrected chi connectivity index (χ4v) is 4.96. The summed E-state index contributed by atoms with van der Waals surface area (Å²) in [5.41, 5.74) is 5.60. The van der Waals surface area contributed by atoms with Gasteiger partial charge in [0.05, 0.1) is 25.3 Å². The molecule has 0 bridgehead atoms. The molecule has 0 radical (unpaired) electrons. The Kier molecular flexibility index (Phi) is 8.45. The number of thioether (sulfide) groups is 1. The zero-order valence-electron chi connectivity index (χ0n) is 17.8. The van der Waals surface area contributed by atoms with Gasteiger partial charge in [-0.15, -0.1) is 0 Å². The van der Waals surface area contributed by atoms with Gasteiger partial charge in [-0.3, -0.25) is 4.79 Å². The summed E-state index contributed by atoms with van der Waals surface area (Å²) in [5, 5.41) is 9.47. The first-order valence-corrected chi connectivity index (χ1v) is 11.4. The first-order valence-electron chi connectivity index (χ1n) is 10.4. The molecule has 2 aliphatic heterocycles. The number of unbranched alkanes of at least 4 members (excludes halogenated alkanes) is 1. The van der Waals surface area contributed by atoms with E-state index in [1.807, 2.05) is 11.8 Å². The number of rotatable bonds is 12. The third-order valence-electron chi connectivity index (χ3n) is 5.38. The minimum Gasteiger partial charge on any atom is -0.380 e. The number of urea groups is 1. The Morgan fingerprint density at radius 2 is 1.93 bits per heavy atom. The number of nitrogens with two attached hydrogens (primary N) is 1. The van der Waals surface area contributed by atoms with E-state index in [0.29, 0.717) is 38.0 Å². The van der Waals surface area contributed by atoms with Crippen LogP contribution < -0.4 is 21.7 Å². The Balaban J connectivity index is 1.55. The maximum Gasteiger partial charge on any atom is 0.315 e. The highest BCUT2D eigenvalue weighted by Gasteiger charge is 2.42. The van der Waals surface area contributed by atoms with Crippen molar-refractivity contribution in [1.82, 2.24) is 16.0 Å². The van der Waals surface area contributed by atoms with Crippen molar-refractivity contribution in [3.05, 3.63) is 0 Å². The molecule has 162 valence electrons. The highest BCUT2D eigenvalue weighted by atomic mass is 32.2. The van der Waals surface area contributed by atoms with Crippen LogP contribution in [0.2, 0.25) is 0 Å². The molecule has 2 rings (SSSR count). The van der Waals surface area contributed by atoms with E-state index in [9.17, 15) is 9.59 Å². The second-order valence-electron chi connectivity index (χ2n) is 9.67. The lowest BCUT2D eigenvalue weighted by molar-refractivity contribution is -0.121. The molecule has 2 saturated heterocycles. The maximum absolute atomic E-state index is 12.2. The van der Waals surface area contributed by atoms with E-state index in [1.165, 1.54) is 0 Å². The third-order valence-corrected chi connectivity index (χ3v) is 6.89. The molecule has 3 unspecified atom stereocenters. The van der Waals surface area contributed by atoms with Crippen LogP contribution in [0.4, 0.5) is 4.79 Å². The topological polar surface area (TPSA) is 105 Å². The molecule has 0 aliphatic carbocycles. The number of hydrogen-bond donors (Lipinski definition) is 4. The van der Waals surface area contributed by atoms with Crippen LogP contribution in [0.5, 0.6) is 0 Å². The molecule has 2 aliphatic rings. The minimum atomic E-state index is -0.108. The number of carbonyl (C=O) groups excluding carboxylic acids is 2. The Bertz CT molecular complexity index is 542. The van der Waals surface area contributed by atoms with Crippen molar-refractivity contribution in [1.29, 1.82) is 0 Å². The summed E-state index contributed by atoms with van der Waals surface area (Å²) >= 11 is 1.92. The maximum atomic E-state index is 12.2. The molecule has 2 fully saturated rings. The molecule has 0 aromatic rings. The molecule has 8 heteroatoms. The highest BCUT2D eigenvalue weighted by Crippen LogP contribution is 2.33. The Hall–Kier alpha value is -0.990. The zero-order valence-corrected chi connectivity index (χ0v) is 18.6.